The summed E-state index contributed by atoms with van der Waals surface area (Å²) in [5.41, 5.74) is 2.72. The van der Waals surface area contributed by atoms with E-state index in [-0.39, 0.29) is 11.9 Å². The monoisotopic (exact) mass is 273 g/mol. The van der Waals surface area contributed by atoms with Crippen molar-refractivity contribution in [2.75, 3.05) is 6.54 Å². The summed E-state index contributed by atoms with van der Waals surface area (Å²) >= 11 is 0. The molecule has 0 amide bonds. The van der Waals surface area contributed by atoms with Crippen LogP contribution in [0.3, 0.4) is 0 Å². The van der Waals surface area contributed by atoms with Crippen molar-refractivity contribution in [2.45, 2.75) is 26.0 Å². The Kier molecular flexibility index (Phi) is 4.88. The fourth-order valence-corrected chi connectivity index (χ4v) is 2.33. The predicted octanol–water partition coefficient (Wildman–Crippen LogP) is 3.52. The summed E-state index contributed by atoms with van der Waals surface area (Å²) in [7, 11) is 0. The van der Waals surface area contributed by atoms with Crippen molar-refractivity contribution in [3.05, 3.63) is 71.0 Å². The summed E-state index contributed by atoms with van der Waals surface area (Å²) in [5.74, 6) is -0.370. The number of hydrogen-bond acceptors (Lipinski definition) is 2. The van der Waals surface area contributed by atoms with Crippen LogP contribution in [0.25, 0.3) is 0 Å². The van der Waals surface area contributed by atoms with Crippen LogP contribution >= 0.6 is 0 Å². The number of aryl methyl sites for hydroxylation is 1. The van der Waals surface area contributed by atoms with Crippen LogP contribution < -0.4 is 5.32 Å². The minimum atomic E-state index is -0.845. The van der Waals surface area contributed by atoms with E-state index in [9.17, 15) is 9.50 Å². The molecule has 106 valence electrons. The summed E-state index contributed by atoms with van der Waals surface area (Å²) in [6.45, 7) is 4.41. The molecular formula is C17H20FNO. The molecule has 20 heavy (non-hydrogen) atoms. The standard InChI is InChI=1S/C17H20FNO/c1-12-7-3-4-8-14(12)13(2)19-11-17(20)15-9-5-6-10-16(15)18/h3-10,13,17,19-20H,11H2,1-2H3/t13-,17?/m1/s1. The van der Waals surface area contributed by atoms with Crippen molar-refractivity contribution in [1.29, 1.82) is 0 Å². The van der Waals surface area contributed by atoms with Gasteiger partial charge in [-0.05, 0) is 31.0 Å². The maximum atomic E-state index is 13.6. The van der Waals surface area contributed by atoms with E-state index in [0.717, 1.165) is 0 Å². The van der Waals surface area contributed by atoms with E-state index < -0.39 is 6.10 Å². The number of rotatable bonds is 5. The van der Waals surface area contributed by atoms with Gasteiger partial charge in [0.15, 0.2) is 0 Å². The fourth-order valence-electron chi connectivity index (χ4n) is 2.33. The maximum absolute atomic E-state index is 13.6. The quantitative estimate of drug-likeness (QED) is 0.873. The van der Waals surface area contributed by atoms with Gasteiger partial charge in [0.05, 0.1) is 6.10 Å². The van der Waals surface area contributed by atoms with Crippen molar-refractivity contribution in [1.82, 2.24) is 5.32 Å². The second-order valence-corrected chi connectivity index (χ2v) is 5.02. The third kappa shape index (κ3) is 3.44. The van der Waals surface area contributed by atoms with Crippen LogP contribution in [0.4, 0.5) is 4.39 Å². The van der Waals surface area contributed by atoms with Gasteiger partial charge in [-0.1, -0.05) is 42.5 Å². The van der Waals surface area contributed by atoms with E-state index >= 15 is 0 Å². The number of benzene rings is 2. The largest absolute Gasteiger partial charge is 0.387 e. The smallest absolute Gasteiger partial charge is 0.129 e. The number of hydrogen-bond donors (Lipinski definition) is 2. The highest BCUT2D eigenvalue weighted by Crippen LogP contribution is 2.19. The topological polar surface area (TPSA) is 32.3 Å². The van der Waals surface area contributed by atoms with Crippen LogP contribution in [0.15, 0.2) is 48.5 Å². The van der Waals surface area contributed by atoms with Gasteiger partial charge in [-0.2, -0.15) is 0 Å². The van der Waals surface area contributed by atoms with Crippen LogP contribution in [0.5, 0.6) is 0 Å². The average Bonchev–Trinajstić information content (AvgIpc) is 2.45. The normalized spacial score (nSPS) is 14.0. The summed E-state index contributed by atoms with van der Waals surface area (Å²) in [6, 6.07) is 14.5. The SMILES string of the molecule is Cc1ccccc1[C@@H](C)NCC(O)c1ccccc1F. The van der Waals surface area contributed by atoms with Crippen molar-refractivity contribution in [3.63, 3.8) is 0 Å². The number of halogens is 1. The Morgan fingerprint density at radius 2 is 1.65 bits per heavy atom. The zero-order valence-electron chi connectivity index (χ0n) is 11.8. The molecule has 0 aliphatic rings. The maximum Gasteiger partial charge on any atom is 0.129 e. The Morgan fingerprint density at radius 1 is 1.05 bits per heavy atom. The van der Waals surface area contributed by atoms with Gasteiger partial charge >= 0.3 is 0 Å². The number of nitrogens with one attached hydrogen (secondary N) is 1. The van der Waals surface area contributed by atoms with Gasteiger partial charge in [-0.3, -0.25) is 0 Å². The molecule has 2 N–H and O–H groups in total. The van der Waals surface area contributed by atoms with E-state index in [1.54, 1.807) is 18.2 Å². The lowest BCUT2D eigenvalue weighted by Crippen LogP contribution is -2.25. The molecule has 2 nitrogen and oxygen atoms in total. The Bertz CT molecular complexity index is 519. The van der Waals surface area contributed by atoms with Crippen LogP contribution in [0.1, 0.15) is 35.8 Å². The molecule has 0 aliphatic carbocycles. The van der Waals surface area contributed by atoms with Gasteiger partial charge in [0, 0.05) is 18.2 Å². The highest BCUT2D eigenvalue weighted by Gasteiger charge is 2.14. The van der Waals surface area contributed by atoms with Gasteiger partial charge in [-0.25, -0.2) is 4.39 Å². The van der Waals surface area contributed by atoms with Crippen molar-refractivity contribution in [2.24, 2.45) is 0 Å². The van der Waals surface area contributed by atoms with Crippen molar-refractivity contribution < 1.29 is 9.50 Å². The molecule has 0 saturated heterocycles. The molecule has 0 aliphatic heterocycles. The van der Waals surface area contributed by atoms with E-state index in [0.29, 0.717) is 12.1 Å². The molecule has 0 aromatic heterocycles. The molecule has 2 atom stereocenters. The summed E-state index contributed by atoms with van der Waals surface area (Å²) < 4.78 is 13.6. The van der Waals surface area contributed by atoms with E-state index in [1.165, 1.54) is 17.2 Å². The zero-order chi connectivity index (χ0) is 14.5. The Balaban J connectivity index is 1.99. The first-order chi connectivity index (χ1) is 9.59. The Morgan fingerprint density at radius 3 is 2.30 bits per heavy atom. The molecule has 0 saturated carbocycles. The van der Waals surface area contributed by atoms with Gasteiger partial charge < -0.3 is 10.4 Å². The van der Waals surface area contributed by atoms with Gasteiger partial charge in [-0.15, -0.1) is 0 Å². The third-order valence-corrected chi connectivity index (χ3v) is 3.54. The molecule has 1 unspecified atom stereocenters. The van der Waals surface area contributed by atoms with Crippen molar-refractivity contribution >= 4 is 0 Å². The van der Waals surface area contributed by atoms with Crippen LogP contribution in [-0.4, -0.2) is 11.7 Å². The van der Waals surface area contributed by atoms with Gasteiger partial charge in [0.1, 0.15) is 5.82 Å². The van der Waals surface area contributed by atoms with Crippen LogP contribution in [0, 0.1) is 12.7 Å². The Labute approximate surface area is 119 Å². The second-order valence-electron chi connectivity index (χ2n) is 5.02. The molecule has 0 spiro atoms. The molecule has 2 aromatic rings. The predicted molar refractivity (Wildman–Crippen MR) is 79.0 cm³/mol. The lowest BCUT2D eigenvalue weighted by atomic mass is 10.0. The molecule has 2 rings (SSSR count). The lowest BCUT2D eigenvalue weighted by Gasteiger charge is -2.19. The van der Waals surface area contributed by atoms with E-state index in [1.807, 2.05) is 19.1 Å². The average molecular weight is 273 g/mol. The van der Waals surface area contributed by atoms with Gasteiger partial charge in [0.25, 0.3) is 0 Å². The molecule has 0 heterocycles. The fraction of sp³-hybridized carbons (Fsp3) is 0.294. The summed E-state index contributed by atoms with van der Waals surface area (Å²) in [5, 5.41) is 13.3. The zero-order valence-corrected chi connectivity index (χ0v) is 11.8. The first kappa shape index (κ1) is 14.7. The molecule has 0 bridgehead atoms. The van der Waals surface area contributed by atoms with Crippen molar-refractivity contribution in [3.8, 4) is 0 Å². The minimum absolute atomic E-state index is 0.109. The highest BCUT2D eigenvalue weighted by molar-refractivity contribution is 5.28. The minimum Gasteiger partial charge on any atom is -0.387 e. The lowest BCUT2D eigenvalue weighted by molar-refractivity contribution is 0.166. The van der Waals surface area contributed by atoms with E-state index in [2.05, 4.69) is 24.4 Å². The molecule has 0 fully saturated rings. The third-order valence-electron chi connectivity index (χ3n) is 3.54. The molecular weight excluding hydrogens is 253 g/mol. The van der Waals surface area contributed by atoms with Crippen LogP contribution in [-0.2, 0) is 0 Å². The number of aliphatic hydroxyl groups is 1. The molecule has 2 aromatic carbocycles. The number of aliphatic hydroxyl groups excluding tert-OH is 1. The van der Waals surface area contributed by atoms with Crippen LogP contribution in [0.2, 0.25) is 0 Å². The van der Waals surface area contributed by atoms with Gasteiger partial charge in [0.2, 0.25) is 0 Å². The van der Waals surface area contributed by atoms with E-state index in [4.69, 9.17) is 0 Å². The summed E-state index contributed by atoms with van der Waals surface area (Å²) in [4.78, 5) is 0. The summed E-state index contributed by atoms with van der Waals surface area (Å²) in [6.07, 6.45) is -0.845. The highest BCUT2D eigenvalue weighted by atomic mass is 19.1. The Hall–Kier alpha value is -1.71. The second kappa shape index (κ2) is 6.64. The molecule has 0 radical (unpaired) electrons. The first-order valence-corrected chi connectivity index (χ1v) is 6.81. The molecule has 3 heteroatoms. The first-order valence-electron chi connectivity index (χ1n) is 6.81.